The zero-order valence-electron chi connectivity index (χ0n) is 72.3. The topological polar surface area (TPSA) is 65.5 Å². The van der Waals surface area contributed by atoms with Gasteiger partial charge >= 0.3 is 0 Å². The van der Waals surface area contributed by atoms with E-state index in [-0.39, 0.29) is 0 Å². The predicted molar refractivity (Wildman–Crippen MR) is 544 cm³/mol. The van der Waals surface area contributed by atoms with Crippen molar-refractivity contribution in [1.82, 2.24) is 0 Å². The molecule has 20 aromatic carbocycles. The summed E-state index contributed by atoms with van der Waals surface area (Å²) < 4.78 is 30.8. The van der Waals surface area contributed by atoms with Crippen LogP contribution in [0.4, 0.5) is 68.2 Å². The number of benzene rings is 20. The number of hydrogen-bond donors (Lipinski definition) is 0. The third kappa shape index (κ3) is 11.3. The van der Waals surface area contributed by atoms with E-state index in [9.17, 15) is 0 Å². The summed E-state index contributed by atoms with van der Waals surface area (Å²) in [6.07, 6.45) is 0. The van der Waals surface area contributed by atoms with Crippen LogP contribution in [-0.4, -0.2) is 0 Å². The van der Waals surface area contributed by atoms with E-state index >= 15 is 0 Å². The Labute approximate surface area is 762 Å². The third-order valence-corrected chi connectivity index (χ3v) is 27.7. The van der Waals surface area contributed by atoms with Gasteiger partial charge in [0.1, 0.15) is 44.7 Å². The second kappa shape index (κ2) is 30.2. The van der Waals surface area contributed by atoms with Gasteiger partial charge in [-0.05, 0) is 214 Å². The molecule has 0 saturated carbocycles. The molecule has 0 bridgehead atoms. The van der Waals surface area contributed by atoms with E-state index in [0.717, 1.165) is 245 Å². The highest BCUT2D eigenvalue weighted by Crippen LogP contribution is 2.68. The lowest BCUT2D eigenvalue weighted by molar-refractivity contribution is 0.665. The molecule has 0 fully saturated rings. The van der Waals surface area contributed by atoms with Gasteiger partial charge in [0.25, 0.3) is 0 Å². The van der Waals surface area contributed by atoms with E-state index in [0.29, 0.717) is 0 Å². The van der Waals surface area contributed by atoms with Crippen molar-refractivity contribution < 1.29 is 17.7 Å². The second-order valence-electron chi connectivity index (χ2n) is 34.8. The molecule has 2 aliphatic carbocycles. The molecule has 0 aliphatic heterocycles. The first-order chi connectivity index (χ1) is 65.4. The Morgan fingerprint density at radius 2 is 0.402 bits per heavy atom. The summed E-state index contributed by atoms with van der Waals surface area (Å²) in [7, 11) is 0. The Bertz CT molecular complexity index is 8570. The molecule has 0 spiro atoms. The smallest absolute Gasteiger partial charge is 0.145 e. The Kier molecular flexibility index (Phi) is 17.4. The normalized spacial score (nSPS) is 12.9. The molecule has 2 aliphatic rings. The number of furan rings is 4. The number of anilines is 12. The standard InChI is InChI=1S/C124H82N4O4/c1-79-41-27-33-67-101(79)127(90-59-25-10-26-60-90)105-77-99-117(121-113(105)95-65-31-37-71-109(95)131-121)118-100(124(99,85-49-15-5-16-50-85)86-51-17-6-18-52-86)78-106(114-96-66-32-38-72-110(96)132-122(114)118)128(102-68-34-28-42-80(102)2)92-62-40-44-82(74-92)81-43-39-61-91(73-81)126(89-57-23-9-24-58-89)104-76-98-116(120-112(104)94-64-30-36-70-108(94)130-120)115-97(123(98,83-45-11-3-12-46-83)84-47-13-4-14-48-84)75-103(111-93-63-29-35-69-107(93)129-119(111)115)125(87-53-19-7-20-54-87)88-55-21-8-22-56-88/h3-78H,1-2H3. The summed E-state index contributed by atoms with van der Waals surface area (Å²) in [5, 5.41) is 7.96. The van der Waals surface area contributed by atoms with Crippen LogP contribution in [0, 0.1) is 13.8 Å². The van der Waals surface area contributed by atoms with Crippen molar-refractivity contribution in [3.63, 3.8) is 0 Å². The molecular formula is C124H82N4O4. The predicted octanol–water partition coefficient (Wildman–Crippen LogP) is 34.2. The van der Waals surface area contributed by atoms with Crippen LogP contribution in [0.15, 0.2) is 479 Å². The summed E-state index contributed by atoms with van der Waals surface area (Å²) >= 11 is 0. The highest BCUT2D eigenvalue weighted by molar-refractivity contribution is 6.28. The van der Waals surface area contributed by atoms with Gasteiger partial charge in [0.05, 0.1) is 55.1 Å². The van der Waals surface area contributed by atoms with E-state index in [1.54, 1.807) is 0 Å². The summed E-state index contributed by atoms with van der Waals surface area (Å²) in [5.74, 6) is 0. The number of hydrogen-bond acceptors (Lipinski definition) is 8. The summed E-state index contributed by atoms with van der Waals surface area (Å²) in [6.45, 7) is 4.44. The number of rotatable bonds is 17. The van der Waals surface area contributed by atoms with Crippen LogP contribution < -0.4 is 19.6 Å². The summed E-state index contributed by atoms with van der Waals surface area (Å²) in [6, 6.07) is 168. The highest BCUT2D eigenvalue weighted by Gasteiger charge is 2.53. The minimum atomic E-state index is -1.01. The molecular weight excluding hydrogens is 1610 g/mol. The molecule has 4 heterocycles. The van der Waals surface area contributed by atoms with Crippen molar-refractivity contribution in [2.24, 2.45) is 0 Å². The number of aryl methyl sites for hydroxylation is 2. The average Bonchev–Trinajstić information content (AvgIpc) is 1.50. The Morgan fingerprint density at radius 1 is 0.182 bits per heavy atom. The number of fused-ring (bicyclic) bond motifs is 22. The van der Waals surface area contributed by atoms with Crippen molar-refractivity contribution in [3.8, 4) is 33.4 Å². The Hall–Kier alpha value is -17.2. The van der Waals surface area contributed by atoms with Gasteiger partial charge in [-0.1, -0.05) is 328 Å². The zero-order valence-corrected chi connectivity index (χ0v) is 72.3. The van der Waals surface area contributed by atoms with Gasteiger partial charge in [-0.25, -0.2) is 0 Å². The minimum Gasteiger partial charge on any atom is -0.455 e. The first kappa shape index (κ1) is 76.1. The van der Waals surface area contributed by atoms with Gasteiger partial charge < -0.3 is 37.3 Å². The van der Waals surface area contributed by atoms with Gasteiger partial charge in [0.2, 0.25) is 0 Å². The maximum absolute atomic E-state index is 7.79. The molecule has 0 N–H and O–H groups in total. The molecule has 0 unspecified atom stereocenters. The van der Waals surface area contributed by atoms with Gasteiger partial charge in [-0.3, -0.25) is 0 Å². The molecule has 26 rings (SSSR count). The summed E-state index contributed by atoms with van der Waals surface area (Å²) in [5.41, 5.74) is 33.0. The lowest BCUT2D eigenvalue weighted by Crippen LogP contribution is -2.29. The van der Waals surface area contributed by atoms with Gasteiger partial charge in [0.15, 0.2) is 0 Å². The van der Waals surface area contributed by atoms with Crippen molar-refractivity contribution >= 4 is 156 Å². The fourth-order valence-electron chi connectivity index (χ4n) is 22.3. The monoisotopic (exact) mass is 1690 g/mol. The molecule has 0 saturated heterocycles. The SMILES string of the molecule is Cc1ccccc1N(c1ccccc1)c1cc2c(c3oc4ccccc4c13)-c1c(cc(N(c3cccc(-c4cccc(N(c5ccccc5)c5cc6c(c7oc8ccccc8c57)-c5c(cc(N(c7ccccc7)c7ccccc7)c7c5oc5ccccc57)C6(c5ccccc5)c5ccccc5)c4)c3)c3ccccc3C)c3c1oc1ccccc13)C2(c1ccccc1)c1ccccc1. The van der Waals surface area contributed by atoms with E-state index in [1.807, 2.05) is 0 Å². The molecule has 24 aromatic rings. The van der Waals surface area contributed by atoms with Crippen LogP contribution in [0.2, 0.25) is 0 Å². The Balaban J connectivity index is 0.715. The van der Waals surface area contributed by atoms with Crippen molar-refractivity contribution in [1.29, 1.82) is 0 Å². The van der Waals surface area contributed by atoms with E-state index in [4.69, 9.17) is 17.7 Å². The van der Waals surface area contributed by atoms with Gasteiger partial charge in [-0.2, -0.15) is 0 Å². The van der Waals surface area contributed by atoms with E-state index < -0.39 is 10.8 Å². The Morgan fingerprint density at radius 3 is 0.697 bits per heavy atom. The van der Waals surface area contributed by atoms with Crippen LogP contribution in [0.3, 0.4) is 0 Å². The third-order valence-electron chi connectivity index (χ3n) is 27.7. The highest BCUT2D eigenvalue weighted by atomic mass is 16.3. The molecule has 8 nitrogen and oxygen atoms in total. The first-order valence-corrected chi connectivity index (χ1v) is 45.3. The second-order valence-corrected chi connectivity index (χ2v) is 34.8. The fraction of sp³-hybridized carbons (Fsp3) is 0.0323. The lowest BCUT2D eigenvalue weighted by atomic mass is 9.67. The molecule has 4 aromatic heterocycles. The molecule has 0 amide bonds. The molecule has 0 atom stereocenters. The van der Waals surface area contributed by atoms with Crippen LogP contribution in [0.5, 0.6) is 0 Å². The number of nitrogens with zero attached hydrogens (tertiary/aromatic N) is 4. The van der Waals surface area contributed by atoms with Crippen molar-refractivity contribution in [2.45, 2.75) is 24.7 Å². The summed E-state index contributed by atoms with van der Waals surface area (Å²) in [4.78, 5) is 9.83. The van der Waals surface area contributed by atoms with Crippen LogP contribution >= 0.6 is 0 Å². The van der Waals surface area contributed by atoms with Crippen LogP contribution in [-0.2, 0) is 10.8 Å². The van der Waals surface area contributed by atoms with Crippen molar-refractivity contribution in [3.05, 3.63) is 517 Å². The van der Waals surface area contributed by atoms with Crippen LogP contribution in [0.1, 0.15) is 55.6 Å². The fourth-order valence-corrected chi connectivity index (χ4v) is 22.3. The largest absolute Gasteiger partial charge is 0.455 e. The average molecular weight is 1690 g/mol. The molecule has 132 heavy (non-hydrogen) atoms. The van der Waals surface area contributed by atoms with Gasteiger partial charge in [-0.15, -0.1) is 0 Å². The van der Waals surface area contributed by atoms with Gasteiger partial charge in [0, 0.05) is 89.3 Å². The van der Waals surface area contributed by atoms with Crippen LogP contribution in [0.25, 0.3) is 121 Å². The molecule has 8 heteroatoms. The maximum Gasteiger partial charge on any atom is 0.145 e. The maximum atomic E-state index is 7.79. The zero-order chi connectivity index (χ0) is 87.3. The quantitative estimate of drug-likeness (QED) is 0.0894. The van der Waals surface area contributed by atoms with E-state index in [2.05, 4.69) is 494 Å². The molecule has 622 valence electrons. The van der Waals surface area contributed by atoms with E-state index in [1.165, 1.54) is 0 Å². The minimum absolute atomic E-state index is 0.761. The molecule has 0 radical (unpaired) electrons. The number of para-hydroxylation sites is 10. The van der Waals surface area contributed by atoms with Crippen molar-refractivity contribution in [2.75, 3.05) is 19.6 Å². The lowest BCUT2D eigenvalue weighted by Gasteiger charge is -2.36. The first-order valence-electron chi connectivity index (χ1n) is 45.3.